The predicted molar refractivity (Wildman–Crippen MR) is 79.0 cm³/mol. The lowest BCUT2D eigenvalue weighted by Crippen LogP contribution is -2.44. The standard InChI is InChI=1S/C15H19NO4S/c1-16(13-6-7-21(18,19)10-13)15(17)12-8-11-4-2-3-5-14(11)20-9-12/h2-5,12-13H,6-10H2,1H3. The fraction of sp³-hybridized carbons (Fsp3) is 0.533. The molecule has 2 aliphatic heterocycles. The van der Waals surface area contributed by atoms with Gasteiger partial charge in [0.25, 0.3) is 0 Å². The van der Waals surface area contributed by atoms with E-state index in [0.29, 0.717) is 19.4 Å². The van der Waals surface area contributed by atoms with Gasteiger partial charge in [-0.2, -0.15) is 0 Å². The molecule has 0 N–H and O–H groups in total. The first kappa shape index (κ1) is 14.4. The number of fused-ring (bicyclic) bond motifs is 1. The number of benzene rings is 1. The number of ether oxygens (including phenoxy) is 1. The fourth-order valence-electron chi connectivity index (χ4n) is 3.04. The predicted octanol–water partition coefficient (Wildman–Crippen LogP) is 0.883. The molecule has 1 aromatic rings. The van der Waals surface area contributed by atoms with Gasteiger partial charge in [0, 0.05) is 13.1 Å². The molecular formula is C15H19NO4S. The average Bonchev–Trinajstić information content (AvgIpc) is 2.85. The molecule has 0 bridgehead atoms. The summed E-state index contributed by atoms with van der Waals surface area (Å²) in [6, 6.07) is 7.52. The van der Waals surface area contributed by atoms with E-state index in [0.717, 1.165) is 11.3 Å². The Morgan fingerprint density at radius 1 is 1.33 bits per heavy atom. The van der Waals surface area contributed by atoms with Gasteiger partial charge in [0.1, 0.15) is 12.4 Å². The lowest BCUT2D eigenvalue weighted by atomic mass is 9.95. The van der Waals surface area contributed by atoms with Crippen molar-refractivity contribution in [2.75, 3.05) is 25.2 Å². The number of nitrogens with zero attached hydrogens (tertiary/aromatic N) is 1. The number of hydrogen-bond donors (Lipinski definition) is 0. The monoisotopic (exact) mass is 309 g/mol. The third-order valence-electron chi connectivity index (χ3n) is 4.33. The van der Waals surface area contributed by atoms with E-state index in [1.807, 2.05) is 24.3 Å². The first-order valence-corrected chi connectivity index (χ1v) is 8.96. The number of hydrogen-bond acceptors (Lipinski definition) is 4. The molecule has 0 spiro atoms. The van der Waals surface area contributed by atoms with Gasteiger partial charge in [-0.15, -0.1) is 0 Å². The highest BCUT2D eigenvalue weighted by Gasteiger charge is 2.36. The summed E-state index contributed by atoms with van der Waals surface area (Å²) >= 11 is 0. The van der Waals surface area contributed by atoms with E-state index >= 15 is 0 Å². The summed E-state index contributed by atoms with van der Waals surface area (Å²) in [5, 5.41) is 0. The van der Waals surface area contributed by atoms with Crippen molar-refractivity contribution in [3.8, 4) is 5.75 Å². The van der Waals surface area contributed by atoms with Gasteiger partial charge in [0.15, 0.2) is 9.84 Å². The molecule has 0 saturated carbocycles. The Bertz CT molecular complexity index is 655. The summed E-state index contributed by atoms with van der Waals surface area (Å²) in [6.45, 7) is 0.361. The molecule has 1 saturated heterocycles. The second kappa shape index (κ2) is 5.33. The highest BCUT2D eigenvalue weighted by atomic mass is 32.2. The molecule has 3 rings (SSSR count). The van der Waals surface area contributed by atoms with Gasteiger partial charge < -0.3 is 9.64 Å². The maximum atomic E-state index is 12.6. The highest BCUT2D eigenvalue weighted by Crippen LogP contribution is 2.28. The minimum atomic E-state index is -2.98. The van der Waals surface area contributed by atoms with Gasteiger partial charge in [-0.25, -0.2) is 8.42 Å². The van der Waals surface area contributed by atoms with E-state index in [9.17, 15) is 13.2 Å². The van der Waals surface area contributed by atoms with Crippen LogP contribution >= 0.6 is 0 Å². The Hall–Kier alpha value is -1.56. The summed E-state index contributed by atoms with van der Waals surface area (Å²) in [6.07, 6.45) is 1.19. The fourth-order valence-corrected chi connectivity index (χ4v) is 4.81. The lowest BCUT2D eigenvalue weighted by molar-refractivity contribution is -0.137. The largest absolute Gasteiger partial charge is 0.492 e. The molecule has 1 fully saturated rings. The van der Waals surface area contributed by atoms with Gasteiger partial charge >= 0.3 is 0 Å². The van der Waals surface area contributed by atoms with Crippen molar-refractivity contribution in [1.29, 1.82) is 0 Å². The normalized spacial score (nSPS) is 26.7. The molecule has 0 aliphatic carbocycles. The van der Waals surface area contributed by atoms with Gasteiger partial charge in [-0.1, -0.05) is 18.2 Å². The van der Waals surface area contributed by atoms with Crippen molar-refractivity contribution >= 4 is 15.7 Å². The van der Waals surface area contributed by atoms with Crippen molar-refractivity contribution in [2.45, 2.75) is 18.9 Å². The van der Waals surface area contributed by atoms with E-state index in [4.69, 9.17) is 4.74 Å². The Labute approximate surface area is 124 Å². The van der Waals surface area contributed by atoms with Gasteiger partial charge in [0.2, 0.25) is 5.91 Å². The molecule has 114 valence electrons. The molecule has 2 aliphatic rings. The van der Waals surface area contributed by atoms with Crippen LogP contribution in [-0.2, 0) is 21.1 Å². The Kier molecular flexibility index (Phi) is 3.65. The van der Waals surface area contributed by atoms with E-state index in [1.54, 1.807) is 11.9 Å². The molecule has 5 nitrogen and oxygen atoms in total. The highest BCUT2D eigenvalue weighted by molar-refractivity contribution is 7.91. The number of amides is 1. The maximum absolute atomic E-state index is 12.6. The van der Waals surface area contributed by atoms with E-state index < -0.39 is 9.84 Å². The summed E-state index contributed by atoms with van der Waals surface area (Å²) in [5.74, 6) is 0.853. The van der Waals surface area contributed by atoms with Crippen LogP contribution in [0.3, 0.4) is 0 Å². The topological polar surface area (TPSA) is 63.7 Å². The summed E-state index contributed by atoms with van der Waals surface area (Å²) in [4.78, 5) is 14.2. The number of rotatable bonds is 2. The maximum Gasteiger partial charge on any atom is 0.229 e. The summed E-state index contributed by atoms with van der Waals surface area (Å²) in [7, 11) is -1.28. The van der Waals surface area contributed by atoms with Crippen molar-refractivity contribution in [3.63, 3.8) is 0 Å². The molecule has 2 unspecified atom stereocenters. The van der Waals surface area contributed by atoms with Crippen LogP contribution in [0.25, 0.3) is 0 Å². The molecule has 2 atom stereocenters. The van der Waals surface area contributed by atoms with E-state index in [-0.39, 0.29) is 29.4 Å². The van der Waals surface area contributed by atoms with Crippen LogP contribution < -0.4 is 4.74 Å². The smallest absolute Gasteiger partial charge is 0.229 e. The first-order valence-electron chi connectivity index (χ1n) is 7.14. The number of carbonyl (C=O) groups excluding carboxylic acids is 1. The summed E-state index contributed by atoms with van der Waals surface area (Å²) in [5.41, 5.74) is 1.04. The molecule has 2 heterocycles. The minimum Gasteiger partial charge on any atom is -0.492 e. The average molecular weight is 309 g/mol. The van der Waals surface area contributed by atoms with Crippen LogP contribution in [0.15, 0.2) is 24.3 Å². The minimum absolute atomic E-state index is 0.0217. The first-order chi connectivity index (χ1) is 9.96. The second-order valence-corrected chi connectivity index (χ2v) is 8.05. The van der Waals surface area contributed by atoms with Crippen LogP contribution in [-0.4, -0.2) is 50.4 Å². The number of sulfone groups is 1. The second-order valence-electron chi connectivity index (χ2n) is 5.83. The van der Waals surface area contributed by atoms with Crippen LogP contribution in [0.1, 0.15) is 12.0 Å². The van der Waals surface area contributed by atoms with E-state index in [1.165, 1.54) is 0 Å². The molecule has 1 aromatic carbocycles. The number of para-hydroxylation sites is 1. The molecule has 0 radical (unpaired) electrons. The van der Waals surface area contributed by atoms with Crippen LogP contribution in [0.2, 0.25) is 0 Å². The number of carbonyl (C=O) groups is 1. The molecule has 0 aromatic heterocycles. The van der Waals surface area contributed by atoms with Crippen LogP contribution in [0, 0.1) is 5.92 Å². The van der Waals surface area contributed by atoms with Crippen molar-refractivity contribution in [1.82, 2.24) is 4.90 Å². The third kappa shape index (κ3) is 2.90. The van der Waals surface area contributed by atoms with Crippen LogP contribution in [0.4, 0.5) is 0 Å². The van der Waals surface area contributed by atoms with Crippen molar-refractivity contribution in [2.24, 2.45) is 5.92 Å². The summed E-state index contributed by atoms with van der Waals surface area (Å²) < 4.78 is 28.7. The zero-order chi connectivity index (χ0) is 15.0. The Balaban J connectivity index is 1.69. The zero-order valence-electron chi connectivity index (χ0n) is 12.0. The van der Waals surface area contributed by atoms with Gasteiger partial charge in [0.05, 0.1) is 17.4 Å². The van der Waals surface area contributed by atoms with Gasteiger partial charge in [-0.3, -0.25) is 4.79 Å². The van der Waals surface area contributed by atoms with Crippen molar-refractivity contribution in [3.05, 3.63) is 29.8 Å². The van der Waals surface area contributed by atoms with Gasteiger partial charge in [-0.05, 0) is 24.5 Å². The lowest BCUT2D eigenvalue weighted by Gasteiger charge is -2.31. The molecule has 21 heavy (non-hydrogen) atoms. The zero-order valence-corrected chi connectivity index (χ0v) is 12.8. The van der Waals surface area contributed by atoms with Crippen molar-refractivity contribution < 1.29 is 17.9 Å². The Morgan fingerprint density at radius 2 is 2.10 bits per heavy atom. The molecule has 6 heteroatoms. The van der Waals surface area contributed by atoms with Crippen LogP contribution in [0.5, 0.6) is 5.75 Å². The SMILES string of the molecule is CN(C(=O)C1COc2ccccc2C1)C1CCS(=O)(=O)C1. The molecule has 1 amide bonds. The van der Waals surface area contributed by atoms with E-state index in [2.05, 4.69) is 0 Å². The molecular weight excluding hydrogens is 290 g/mol. The Morgan fingerprint density at radius 3 is 2.81 bits per heavy atom. The third-order valence-corrected chi connectivity index (χ3v) is 6.08. The quantitative estimate of drug-likeness (QED) is 0.814.